The Labute approximate surface area is 127 Å². The van der Waals surface area contributed by atoms with Crippen molar-refractivity contribution in [3.05, 3.63) is 52.5 Å². The first-order valence-corrected chi connectivity index (χ1v) is 7.12. The van der Waals surface area contributed by atoms with E-state index < -0.39 is 0 Å². The van der Waals surface area contributed by atoms with Gasteiger partial charge >= 0.3 is 0 Å². The van der Waals surface area contributed by atoms with Gasteiger partial charge in [0.2, 0.25) is 5.91 Å². The van der Waals surface area contributed by atoms with Gasteiger partial charge in [-0.25, -0.2) is 0 Å². The number of benzene rings is 2. The van der Waals surface area contributed by atoms with Crippen molar-refractivity contribution in [3.8, 4) is 11.5 Å². The van der Waals surface area contributed by atoms with Gasteiger partial charge in [0.15, 0.2) is 0 Å². The van der Waals surface area contributed by atoms with Crippen LogP contribution in [0.2, 0.25) is 5.02 Å². The van der Waals surface area contributed by atoms with Gasteiger partial charge in [-0.2, -0.15) is 0 Å². The molecule has 0 fully saturated rings. The van der Waals surface area contributed by atoms with Crippen LogP contribution in [0.25, 0.3) is 0 Å². The Kier molecular flexibility index (Phi) is 3.82. The molecular formula is C16H15ClN2O2. The molecule has 0 radical (unpaired) electrons. The largest absolute Gasteiger partial charge is 0.457 e. The molecule has 2 aromatic carbocycles. The smallest absolute Gasteiger partial charge is 0.224 e. The van der Waals surface area contributed by atoms with Crippen molar-refractivity contribution in [1.82, 2.24) is 0 Å². The number of hydrogen-bond donors (Lipinski definition) is 2. The molecule has 0 unspecified atom stereocenters. The Bertz CT molecular complexity index is 701. The Hall–Kier alpha value is -2.04. The number of nitrogens with one attached hydrogen (secondary N) is 1. The normalized spacial score (nSPS) is 13.5. The van der Waals surface area contributed by atoms with Crippen molar-refractivity contribution in [1.29, 1.82) is 0 Å². The molecule has 3 rings (SSSR count). The monoisotopic (exact) mass is 302 g/mol. The molecule has 0 spiro atoms. The zero-order valence-corrected chi connectivity index (χ0v) is 12.1. The summed E-state index contributed by atoms with van der Waals surface area (Å²) in [5.41, 5.74) is 8.40. The third-order valence-electron chi connectivity index (χ3n) is 3.45. The number of hydrogen-bond acceptors (Lipinski definition) is 3. The number of rotatable bonds is 3. The molecule has 3 N–H and O–H groups in total. The van der Waals surface area contributed by atoms with Gasteiger partial charge in [0.05, 0.1) is 0 Å². The summed E-state index contributed by atoms with van der Waals surface area (Å²) in [7, 11) is 0. The quantitative estimate of drug-likeness (QED) is 0.912. The molecule has 0 saturated heterocycles. The van der Waals surface area contributed by atoms with Crippen LogP contribution in [-0.2, 0) is 17.8 Å². The number of carbonyl (C=O) groups excluding carboxylic acids is 1. The minimum Gasteiger partial charge on any atom is -0.457 e. The van der Waals surface area contributed by atoms with Crippen LogP contribution in [0, 0.1) is 0 Å². The van der Waals surface area contributed by atoms with Gasteiger partial charge in [-0.15, -0.1) is 0 Å². The lowest BCUT2D eigenvalue weighted by Gasteiger charge is -2.17. The fourth-order valence-corrected chi connectivity index (χ4v) is 2.56. The summed E-state index contributed by atoms with van der Waals surface area (Å²) in [6, 6.07) is 11.1. The molecule has 1 amide bonds. The summed E-state index contributed by atoms with van der Waals surface area (Å²) >= 11 is 6.12. The number of carbonyl (C=O) groups is 1. The fraction of sp³-hybridized carbons (Fsp3) is 0.188. The van der Waals surface area contributed by atoms with Gasteiger partial charge in [-0.3, -0.25) is 4.79 Å². The number of amides is 1. The Morgan fingerprint density at radius 2 is 1.90 bits per heavy atom. The Balaban J connectivity index is 1.82. The van der Waals surface area contributed by atoms with Gasteiger partial charge < -0.3 is 15.8 Å². The molecule has 5 heteroatoms. The van der Waals surface area contributed by atoms with E-state index in [0.717, 1.165) is 29.0 Å². The average Bonchev–Trinajstić information content (AvgIpc) is 2.48. The van der Waals surface area contributed by atoms with E-state index in [1.54, 1.807) is 6.07 Å². The maximum Gasteiger partial charge on any atom is 0.224 e. The van der Waals surface area contributed by atoms with E-state index in [4.69, 9.17) is 22.1 Å². The van der Waals surface area contributed by atoms with E-state index in [0.29, 0.717) is 23.7 Å². The number of anilines is 1. The summed E-state index contributed by atoms with van der Waals surface area (Å²) in [6.07, 6.45) is 1.23. The molecule has 0 aliphatic carbocycles. The van der Waals surface area contributed by atoms with Crippen molar-refractivity contribution in [3.63, 3.8) is 0 Å². The average molecular weight is 303 g/mol. The van der Waals surface area contributed by atoms with Gasteiger partial charge in [0.1, 0.15) is 11.5 Å². The number of nitrogens with two attached hydrogens (primary N) is 1. The third kappa shape index (κ3) is 3.01. The van der Waals surface area contributed by atoms with E-state index in [2.05, 4.69) is 5.32 Å². The molecule has 2 aromatic rings. The lowest BCUT2D eigenvalue weighted by molar-refractivity contribution is -0.116. The summed E-state index contributed by atoms with van der Waals surface area (Å²) < 4.78 is 5.81. The molecule has 108 valence electrons. The first kappa shape index (κ1) is 13.9. The number of ether oxygens (including phenoxy) is 1. The number of fused-ring (bicyclic) bond motifs is 1. The van der Waals surface area contributed by atoms with Crippen LogP contribution in [0.1, 0.15) is 17.5 Å². The van der Waals surface area contributed by atoms with Gasteiger partial charge in [0.25, 0.3) is 0 Å². The maximum atomic E-state index is 11.3. The second kappa shape index (κ2) is 5.76. The Morgan fingerprint density at radius 1 is 1.14 bits per heavy atom. The SMILES string of the molecule is NCc1ccc(Oc2ccc3c(c2)CCC(=O)N3)cc1Cl. The summed E-state index contributed by atoms with van der Waals surface area (Å²) in [4.78, 5) is 11.3. The third-order valence-corrected chi connectivity index (χ3v) is 3.80. The van der Waals surface area contributed by atoms with E-state index in [1.165, 1.54) is 0 Å². The van der Waals surface area contributed by atoms with E-state index in [1.807, 2.05) is 30.3 Å². The predicted octanol–water partition coefficient (Wildman–Crippen LogP) is 3.48. The minimum absolute atomic E-state index is 0.0559. The van der Waals surface area contributed by atoms with Gasteiger partial charge in [-0.05, 0) is 47.9 Å². The molecule has 0 bridgehead atoms. The number of halogens is 1. The second-order valence-corrected chi connectivity index (χ2v) is 5.33. The van der Waals surface area contributed by atoms with Crippen LogP contribution in [0.5, 0.6) is 11.5 Å². The summed E-state index contributed by atoms with van der Waals surface area (Å²) in [6.45, 7) is 0.400. The zero-order chi connectivity index (χ0) is 14.8. The van der Waals surface area contributed by atoms with E-state index in [-0.39, 0.29) is 5.91 Å². The lowest BCUT2D eigenvalue weighted by atomic mass is 10.0. The highest BCUT2D eigenvalue weighted by Gasteiger charge is 2.15. The van der Waals surface area contributed by atoms with Gasteiger partial charge in [-0.1, -0.05) is 17.7 Å². The molecule has 1 heterocycles. The number of aryl methyl sites for hydroxylation is 1. The molecule has 1 aliphatic heterocycles. The zero-order valence-electron chi connectivity index (χ0n) is 11.4. The molecule has 0 saturated carbocycles. The first-order valence-electron chi connectivity index (χ1n) is 6.75. The molecule has 1 aliphatic rings. The lowest BCUT2D eigenvalue weighted by Crippen LogP contribution is -2.18. The van der Waals surface area contributed by atoms with Crippen molar-refractivity contribution < 1.29 is 9.53 Å². The molecule has 0 atom stereocenters. The van der Waals surface area contributed by atoms with Crippen LogP contribution >= 0.6 is 11.6 Å². The molecular weight excluding hydrogens is 288 g/mol. The standard InChI is InChI=1S/C16H15ClN2O2/c17-14-8-13(3-1-11(14)9-18)21-12-4-5-15-10(7-12)2-6-16(20)19-15/h1,3-5,7-8H,2,6,9,18H2,(H,19,20). The van der Waals surface area contributed by atoms with Crippen molar-refractivity contribution in [2.24, 2.45) is 5.73 Å². The Morgan fingerprint density at radius 3 is 2.67 bits per heavy atom. The topological polar surface area (TPSA) is 64.3 Å². The first-order chi connectivity index (χ1) is 10.2. The van der Waals surface area contributed by atoms with Crippen LogP contribution in [0.3, 0.4) is 0 Å². The van der Waals surface area contributed by atoms with E-state index >= 15 is 0 Å². The maximum absolute atomic E-state index is 11.3. The highest BCUT2D eigenvalue weighted by Crippen LogP contribution is 2.31. The highest BCUT2D eigenvalue weighted by atomic mass is 35.5. The van der Waals surface area contributed by atoms with Crippen molar-refractivity contribution in [2.45, 2.75) is 19.4 Å². The van der Waals surface area contributed by atoms with Crippen molar-refractivity contribution >= 4 is 23.2 Å². The second-order valence-electron chi connectivity index (χ2n) is 4.93. The van der Waals surface area contributed by atoms with Crippen LogP contribution < -0.4 is 15.8 Å². The van der Waals surface area contributed by atoms with Crippen molar-refractivity contribution in [2.75, 3.05) is 5.32 Å². The van der Waals surface area contributed by atoms with Crippen LogP contribution in [0.15, 0.2) is 36.4 Å². The predicted molar refractivity (Wildman–Crippen MR) is 82.8 cm³/mol. The fourth-order valence-electron chi connectivity index (χ4n) is 2.32. The highest BCUT2D eigenvalue weighted by molar-refractivity contribution is 6.31. The van der Waals surface area contributed by atoms with Crippen LogP contribution in [0.4, 0.5) is 5.69 Å². The molecule has 21 heavy (non-hydrogen) atoms. The summed E-state index contributed by atoms with van der Waals surface area (Å²) in [5.74, 6) is 1.44. The minimum atomic E-state index is 0.0559. The van der Waals surface area contributed by atoms with E-state index in [9.17, 15) is 4.79 Å². The molecule has 4 nitrogen and oxygen atoms in total. The summed E-state index contributed by atoms with van der Waals surface area (Å²) in [5, 5.41) is 3.44. The van der Waals surface area contributed by atoms with Crippen LogP contribution in [-0.4, -0.2) is 5.91 Å². The van der Waals surface area contributed by atoms with Gasteiger partial charge in [0, 0.05) is 23.7 Å². The molecule has 0 aromatic heterocycles.